The number of rotatable bonds is 8. The molecule has 61 heavy (non-hydrogen) atoms. The molecular formula is C56H38N4S. The van der Waals surface area contributed by atoms with E-state index in [9.17, 15) is 0 Å². The van der Waals surface area contributed by atoms with Gasteiger partial charge in [0, 0.05) is 42.6 Å². The highest BCUT2D eigenvalue weighted by atomic mass is 32.1. The number of hydrogen-bond donors (Lipinski definition) is 1. The van der Waals surface area contributed by atoms with E-state index in [0.29, 0.717) is 5.82 Å². The van der Waals surface area contributed by atoms with E-state index in [1.54, 1.807) is 0 Å². The molecule has 11 rings (SSSR count). The number of fused-ring (bicyclic) bond motifs is 3. The highest BCUT2D eigenvalue weighted by molar-refractivity contribution is 7.26. The lowest BCUT2D eigenvalue weighted by molar-refractivity contribution is 0.664. The van der Waals surface area contributed by atoms with Crippen LogP contribution >= 0.6 is 11.3 Å². The van der Waals surface area contributed by atoms with Crippen LogP contribution in [0.4, 0.5) is 0 Å². The zero-order valence-electron chi connectivity index (χ0n) is 33.1. The van der Waals surface area contributed by atoms with Crippen LogP contribution in [0.1, 0.15) is 22.9 Å². The molecule has 0 amide bonds. The smallest absolute Gasteiger partial charge is 0.160 e. The lowest BCUT2D eigenvalue weighted by atomic mass is 9.93. The summed E-state index contributed by atoms with van der Waals surface area (Å²) in [6, 6.07) is 74.8. The van der Waals surface area contributed by atoms with Crippen LogP contribution in [-0.4, -0.2) is 15.7 Å². The molecule has 1 N–H and O–H groups in total. The van der Waals surface area contributed by atoms with Crippen molar-refractivity contribution in [3.8, 4) is 56.2 Å². The van der Waals surface area contributed by atoms with Gasteiger partial charge >= 0.3 is 0 Å². The van der Waals surface area contributed by atoms with Gasteiger partial charge in [0.1, 0.15) is 6.17 Å². The molecule has 0 radical (unpaired) electrons. The summed E-state index contributed by atoms with van der Waals surface area (Å²) in [4.78, 5) is 15.3. The first-order valence-corrected chi connectivity index (χ1v) is 21.4. The average molecular weight is 799 g/mol. The van der Waals surface area contributed by atoms with Crippen LogP contribution in [0, 0.1) is 0 Å². The predicted octanol–water partition coefficient (Wildman–Crippen LogP) is 14.3. The molecule has 0 bridgehead atoms. The fourth-order valence-corrected chi connectivity index (χ4v) is 9.41. The predicted molar refractivity (Wildman–Crippen MR) is 255 cm³/mol. The van der Waals surface area contributed by atoms with Crippen LogP contribution < -0.4 is 5.32 Å². The Labute approximate surface area is 358 Å². The molecule has 3 heterocycles. The van der Waals surface area contributed by atoms with Crippen LogP contribution in [0.15, 0.2) is 223 Å². The number of benzene rings is 8. The number of nitrogens with zero attached hydrogens (tertiary/aromatic N) is 3. The van der Waals surface area contributed by atoms with E-state index < -0.39 is 0 Å². The van der Waals surface area contributed by atoms with Gasteiger partial charge in [-0.3, -0.25) is 4.99 Å². The van der Waals surface area contributed by atoms with Crippen LogP contribution in [-0.2, 0) is 0 Å². The number of aliphatic imine (C=N–C) groups is 1. The van der Waals surface area contributed by atoms with Crippen LogP contribution in [0.3, 0.4) is 0 Å². The van der Waals surface area contributed by atoms with Crippen molar-refractivity contribution < 1.29 is 0 Å². The van der Waals surface area contributed by atoms with E-state index in [4.69, 9.17) is 15.0 Å². The molecule has 1 aliphatic rings. The van der Waals surface area contributed by atoms with Crippen molar-refractivity contribution in [3.05, 3.63) is 235 Å². The summed E-state index contributed by atoms with van der Waals surface area (Å²) in [6.45, 7) is 0. The molecule has 1 unspecified atom stereocenters. The Morgan fingerprint density at radius 3 is 1.62 bits per heavy atom. The van der Waals surface area contributed by atoms with Crippen molar-refractivity contribution in [2.24, 2.45) is 4.99 Å². The molecule has 4 nitrogen and oxygen atoms in total. The Morgan fingerprint density at radius 1 is 0.410 bits per heavy atom. The molecular weight excluding hydrogens is 761 g/mol. The third kappa shape index (κ3) is 7.22. The third-order valence-corrected chi connectivity index (χ3v) is 12.5. The maximum absolute atomic E-state index is 5.21. The summed E-state index contributed by atoms with van der Waals surface area (Å²) in [7, 11) is 0. The number of allylic oxidation sites excluding steroid dienone is 1. The summed E-state index contributed by atoms with van der Waals surface area (Å²) in [6.07, 6.45) is 1.92. The van der Waals surface area contributed by atoms with Gasteiger partial charge in [-0.1, -0.05) is 188 Å². The normalized spacial score (nSPS) is 13.7. The summed E-state index contributed by atoms with van der Waals surface area (Å²) in [5, 5.41) is 6.28. The minimum atomic E-state index is -0.231. The number of aromatic nitrogens is 2. The van der Waals surface area contributed by atoms with E-state index in [0.717, 1.165) is 67.3 Å². The van der Waals surface area contributed by atoms with E-state index in [2.05, 4.69) is 193 Å². The minimum absolute atomic E-state index is 0.231. The first-order chi connectivity index (χ1) is 30.2. The lowest BCUT2D eigenvalue weighted by Crippen LogP contribution is -2.24. The second-order valence-electron chi connectivity index (χ2n) is 15.2. The highest BCUT2D eigenvalue weighted by Gasteiger charge is 2.21. The van der Waals surface area contributed by atoms with Crippen molar-refractivity contribution in [2.75, 3.05) is 0 Å². The van der Waals surface area contributed by atoms with E-state index >= 15 is 0 Å². The molecule has 0 saturated heterocycles. The van der Waals surface area contributed by atoms with Gasteiger partial charge < -0.3 is 5.32 Å². The van der Waals surface area contributed by atoms with Crippen LogP contribution in [0.2, 0.25) is 0 Å². The standard InChI is InChI=1S/C56H38N4S/c1-5-15-39(16-6-1)48-35-49(40-17-7-2-8-18-40)59-56(58-48)44-31-25-37(26-32-44)45-33-47(54-46-23-13-14-24-52(46)61-53(54)34-45)38-27-29-42(30-28-38)51-36-50(41-19-9-3-10-20-41)57-55(60-51)43-21-11-4-12-22-43/h1-36,56,58H. The molecule has 2 aromatic heterocycles. The number of nitrogens with one attached hydrogen (secondary N) is 1. The van der Waals surface area contributed by atoms with Gasteiger partial charge in [0.15, 0.2) is 5.82 Å². The van der Waals surface area contributed by atoms with Gasteiger partial charge in [-0.25, -0.2) is 9.97 Å². The Balaban J connectivity index is 0.967. The highest BCUT2D eigenvalue weighted by Crippen LogP contribution is 2.43. The summed E-state index contributed by atoms with van der Waals surface area (Å²) >= 11 is 1.85. The van der Waals surface area contributed by atoms with Gasteiger partial charge in [-0.2, -0.15) is 0 Å². The van der Waals surface area contributed by atoms with Crippen molar-refractivity contribution in [1.29, 1.82) is 0 Å². The maximum Gasteiger partial charge on any atom is 0.160 e. The molecule has 1 aliphatic heterocycles. The van der Waals surface area contributed by atoms with Crippen LogP contribution in [0.5, 0.6) is 0 Å². The zero-order valence-corrected chi connectivity index (χ0v) is 33.9. The first-order valence-electron chi connectivity index (χ1n) is 20.5. The fraction of sp³-hybridized carbons (Fsp3) is 0.0179. The van der Waals surface area contributed by atoms with Crippen molar-refractivity contribution in [3.63, 3.8) is 0 Å². The molecule has 10 aromatic rings. The average Bonchev–Trinajstić information content (AvgIpc) is 3.73. The van der Waals surface area contributed by atoms with E-state index in [1.807, 2.05) is 41.7 Å². The second-order valence-corrected chi connectivity index (χ2v) is 16.3. The Kier molecular flexibility index (Phi) is 9.41. The van der Waals surface area contributed by atoms with Crippen molar-refractivity contribution in [1.82, 2.24) is 15.3 Å². The van der Waals surface area contributed by atoms with Crippen LogP contribution in [0.25, 0.3) is 82.0 Å². The molecule has 0 fully saturated rings. The number of hydrogen-bond acceptors (Lipinski definition) is 5. The van der Waals surface area contributed by atoms with Gasteiger partial charge in [0.25, 0.3) is 0 Å². The second kappa shape index (κ2) is 15.8. The van der Waals surface area contributed by atoms with E-state index in [-0.39, 0.29) is 6.17 Å². The minimum Gasteiger partial charge on any atom is -0.360 e. The molecule has 8 aromatic carbocycles. The number of thiophene rings is 1. The van der Waals surface area contributed by atoms with Gasteiger partial charge in [-0.15, -0.1) is 11.3 Å². The monoisotopic (exact) mass is 798 g/mol. The van der Waals surface area contributed by atoms with E-state index in [1.165, 1.54) is 31.3 Å². The van der Waals surface area contributed by atoms with Gasteiger partial charge in [0.05, 0.1) is 17.1 Å². The summed E-state index contributed by atoms with van der Waals surface area (Å²) < 4.78 is 2.55. The zero-order chi connectivity index (χ0) is 40.5. The largest absolute Gasteiger partial charge is 0.360 e. The SMILES string of the molecule is C1=C(c2ccccc2)NC(c2ccc(-c3cc(-c4ccc(-c5cc(-c6ccccc6)nc(-c6ccccc6)n5)cc4)c4c(c3)sc3ccccc34)cc2)N=C1c1ccccc1. The molecule has 0 saturated carbocycles. The quantitative estimate of drug-likeness (QED) is 0.167. The lowest BCUT2D eigenvalue weighted by Gasteiger charge is -2.25. The van der Waals surface area contributed by atoms with Crippen molar-refractivity contribution >= 4 is 42.9 Å². The fourth-order valence-electron chi connectivity index (χ4n) is 8.24. The Bertz CT molecular complexity index is 3170. The Morgan fingerprint density at radius 2 is 0.951 bits per heavy atom. The maximum atomic E-state index is 5.21. The van der Waals surface area contributed by atoms with Gasteiger partial charge in [-0.05, 0) is 69.3 Å². The third-order valence-electron chi connectivity index (χ3n) is 11.4. The summed E-state index contributed by atoms with van der Waals surface area (Å²) in [5.41, 5.74) is 14.9. The molecule has 5 heteroatoms. The molecule has 288 valence electrons. The Hall–Kier alpha value is -7.73. The van der Waals surface area contributed by atoms with Crippen molar-refractivity contribution in [2.45, 2.75) is 6.17 Å². The topological polar surface area (TPSA) is 50.2 Å². The van der Waals surface area contributed by atoms with Gasteiger partial charge in [0.2, 0.25) is 0 Å². The molecule has 0 aliphatic carbocycles. The molecule has 1 atom stereocenters. The summed E-state index contributed by atoms with van der Waals surface area (Å²) in [5.74, 6) is 0.710. The first kappa shape index (κ1) is 36.4. The molecule has 0 spiro atoms.